The zero-order valence-corrected chi connectivity index (χ0v) is 41.2. The van der Waals surface area contributed by atoms with Crippen LogP contribution in [0.4, 0.5) is 0 Å². The van der Waals surface area contributed by atoms with Crippen molar-refractivity contribution in [3.63, 3.8) is 0 Å². The molecular formula is C44H61N7O13S3. The summed E-state index contributed by atoms with van der Waals surface area (Å²) in [6.07, 6.45) is 6.61. The van der Waals surface area contributed by atoms with Crippen LogP contribution in [0.15, 0.2) is 95.3 Å². The Bertz CT molecular complexity index is 2720. The monoisotopic (exact) mass is 991 g/mol. The Hall–Kier alpha value is -5.07. The number of hydrogen-bond donors (Lipinski definition) is 7. The lowest BCUT2D eigenvalue weighted by atomic mass is 9.82. The van der Waals surface area contributed by atoms with Gasteiger partial charge in [0.2, 0.25) is 5.91 Å². The Balaban J connectivity index is 1.73. The Kier molecular flexibility index (Phi) is 17.3. The number of carbonyl (C=O) groups excluding carboxylic acids is 3. The summed E-state index contributed by atoms with van der Waals surface area (Å²) in [5.74, 6) is -4.16. The molecule has 0 saturated carbocycles. The zero-order chi connectivity index (χ0) is 49.6. The van der Waals surface area contributed by atoms with Gasteiger partial charge in [-0.3, -0.25) is 33.0 Å². The fourth-order valence-electron chi connectivity index (χ4n) is 8.76. The summed E-state index contributed by atoms with van der Waals surface area (Å²) in [5, 5.41) is 12.3. The summed E-state index contributed by atoms with van der Waals surface area (Å²) in [6.45, 7) is 12.6. The van der Waals surface area contributed by atoms with Gasteiger partial charge in [0.25, 0.3) is 36.3 Å². The molecule has 5 aliphatic heterocycles. The van der Waals surface area contributed by atoms with Crippen molar-refractivity contribution in [2.75, 3.05) is 43.5 Å². The van der Waals surface area contributed by atoms with Gasteiger partial charge < -0.3 is 26.0 Å². The minimum absolute atomic E-state index is 0.00637. The molecule has 20 nitrogen and oxygen atoms in total. The normalized spacial score (nSPS) is 22.7. The molecular weight excluding hydrogens is 931 g/mol. The molecule has 8 bridgehead atoms. The van der Waals surface area contributed by atoms with Crippen LogP contribution in [-0.2, 0) is 49.5 Å². The lowest BCUT2D eigenvalue weighted by Crippen LogP contribution is -2.30. The summed E-state index contributed by atoms with van der Waals surface area (Å²) in [6, 6.07) is 0. The second-order valence-corrected chi connectivity index (χ2v) is 21.9. The van der Waals surface area contributed by atoms with Crippen molar-refractivity contribution >= 4 is 65.3 Å². The molecule has 1 saturated heterocycles. The van der Waals surface area contributed by atoms with Crippen LogP contribution >= 0.6 is 0 Å². The second-order valence-electron chi connectivity index (χ2n) is 17.2. The third kappa shape index (κ3) is 14.0. The highest BCUT2D eigenvalue weighted by atomic mass is 32.2. The fraction of sp³-hybridized carbons (Fsp3) is 0.545. The van der Waals surface area contributed by atoms with E-state index in [4.69, 9.17) is 24.3 Å². The van der Waals surface area contributed by atoms with Gasteiger partial charge >= 0.3 is 5.97 Å². The molecule has 5 aliphatic rings. The number of rotatable bonds is 20. The molecule has 0 aromatic heterocycles. The average Bonchev–Trinajstić information content (AvgIpc) is 3.91. The molecule has 7 N–H and O–H groups in total. The fourth-order valence-corrected chi connectivity index (χ4v) is 10.3. The average molecular weight is 992 g/mol. The first-order chi connectivity index (χ1) is 31.3. The lowest BCUT2D eigenvalue weighted by molar-refractivity contribution is -0.139. The van der Waals surface area contributed by atoms with E-state index in [1.807, 2.05) is 39.0 Å². The van der Waals surface area contributed by atoms with Gasteiger partial charge in [0.15, 0.2) is 0 Å². The highest BCUT2D eigenvalue weighted by Crippen LogP contribution is 2.43. The van der Waals surface area contributed by atoms with Crippen molar-refractivity contribution in [2.24, 2.45) is 38.6 Å². The van der Waals surface area contributed by atoms with Gasteiger partial charge in [0.05, 0.1) is 51.4 Å². The van der Waals surface area contributed by atoms with Crippen LogP contribution in [0.1, 0.15) is 87.0 Å². The standard InChI is InChI=1S/C44H61N7O13S3/c1-8-30-24(2)33-22-38-40(28(6)45-14-9-17-65(55,56)57)26(4)35(49-38)20-34-25(3)31(12-13-39(53)46-15-10-18-66(58,59)60)42(50-34)32(23-64-29(7)52)43-41(27(5)36(51-43)21-37(30)48-33)44(54)47-16-11-19-67(61,62)63/h20-22,24-25,30-31,45,48H,8-19,23H2,1-7H3,(H,46,53)(H,47,54)(H,55,56,57)(H,58,59,60)(H,61,62,63)/t24-,25+,30-,31+/m1/s1. The third-order valence-corrected chi connectivity index (χ3v) is 14.7. The highest BCUT2D eigenvalue weighted by Gasteiger charge is 2.40. The van der Waals surface area contributed by atoms with Gasteiger partial charge in [-0.25, -0.2) is 9.98 Å². The number of hydrogen-bond acceptors (Lipinski definition) is 15. The molecule has 2 amide bonds. The molecule has 368 valence electrons. The van der Waals surface area contributed by atoms with Gasteiger partial charge in [-0.05, 0) is 82.2 Å². The molecule has 5 rings (SSSR count). The quantitative estimate of drug-likeness (QED) is 0.0520. The molecule has 0 aliphatic carbocycles. The van der Waals surface area contributed by atoms with Crippen LogP contribution in [0, 0.1) is 23.7 Å². The predicted octanol–water partition coefficient (Wildman–Crippen LogP) is 3.65. The number of carbonyl (C=O) groups is 3. The van der Waals surface area contributed by atoms with E-state index in [2.05, 4.69) is 35.1 Å². The van der Waals surface area contributed by atoms with Crippen molar-refractivity contribution < 1.29 is 58.0 Å². The van der Waals surface area contributed by atoms with E-state index in [9.17, 15) is 48.7 Å². The van der Waals surface area contributed by atoms with E-state index in [0.717, 1.165) is 34.7 Å². The van der Waals surface area contributed by atoms with Crippen molar-refractivity contribution in [3.8, 4) is 0 Å². The topological polar surface area (TPSA) is 309 Å². The predicted molar refractivity (Wildman–Crippen MR) is 253 cm³/mol. The van der Waals surface area contributed by atoms with Crippen molar-refractivity contribution in [3.05, 3.63) is 80.3 Å². The highest BCUT2D eigenvalue weighted by molar-refractivity contribution is 7.86. The van der Waals surface area contributed by atoms with E-state index >= 15 is 0 Å². The first kappa shape index (κ1) is 52.9. The third-order valence-electron chi connectivity index (χ3n) is 12.3. The van der Waals surface area contributed by atoms with E-state index in [0.29, 0.717) is 39.7 Å². The van der Waals surface area contributed by atoms with Crippen LogP contribution < -0.4 is 21.3 Å². The molecule has 0 unspecified atom stereocenters. The van der Waals surface area contributed by atoms with Gasteiger partial charge in [-0.2, -0.15) is 25.3 Å². The summed E-state index contributed by atoms with van der Waals surface area (Å²) < 4.78 is 102. The van der Waals surface area contributed by atoms with Gasteiger partial charge in [0, 0.05) is 90.6 Å². The van der Waals surface area contributed by atoms with Crippen LogP contribution in [0.5, 0.6) is 0 Å². The number of esters is 1. The molecule has 23 heteroatoms. The maximum Gasteiger partial charge on any atom is 0.302 e. The SMILES string of the molecule is CC[C@H]1C2=CC3=NC(=C(COC(C)=O)C4=NC(=CC5=C(C)C(=C(C)NCCCS(=O)(=O)O)C(=N5)C=C(N2)[C@@H]1C)[C@@H](C)[C@@H]4CCC(=O)NCCCS(=O)(=O)O)C(C(=O)NCCCS(=O)(=O)O)=C3C. The number of fused-ring (bicyclic) bond motifs is 5. The van der Waals surface area contributed by atoms with Gasteiger partial charge in [0.1, 0.15) is 6.61 Å². The zero-order valence-electron chi connectivity index (χ0n) is 38.7. The van der Waals surface area contributed by atoms with Crippen LogP contribution in [0.2, 0.25) is 0 Å². The van der Waals surface area contributed by atoms with Crippen LogP contribution in [0.3, 0.4) is 0 Å². The summed E-state index contributed by atoms with van der Waals surface area (Å²) in [5.41, 5.74) is 7.54. The summed E-state index contributed by atoms with van der Waals surface area (Å²) >= 11 is 0. The largest absolute Gasteiger partial charge is 0.461 e. The summed E-state index contributed by atoms with van der Waals surface area (Å²) in [4.78, 5) is 55.4. The molecule has 0 spiro atoms. The van der Waals surface area contributed by atoms with Crippen molar-refractivity contribution in [2.45, 2.75) is 87.0 Å². The maximum atomic E-state index is 14.3. The van der Waals surface area contributed by atoms with E-state index in [-0.39, 0.29) is 81.5 Å². The van der Waals surface area contributed by atoms with E-state index < -0.39 is 77.2 Å². The molecule has 0 aromatic rings. The van der Waals surface area contributed by atoms with E-state index in [1.54, 1.807) is 6.92 Å². The van der Waals surface area contributed by atoms with Gasteiger partial charge in [-0.15, -0.1) is 0 Å². The Morgan fingerprint density at radius 2 is 1.31 bits per heavy atom. The molecule has 5 heterocycles. The number of allylic oxidation sites excluding steroid dienone is 10. The van der Waals surface area contributed by atoms with Crippen LogP contribution in [-0.4, -0.2) is 117 Å². The molecule has 67 heavy (non-hydrogen) atoms. The molecule has 0 radical (unpaired) electrons. The number of aliphatic imine (C=N–C) groups is 3. The number of nitrogens with one attached hydrogen (secondary N) is 4. The van der Waals surface area contributed by atoms with E-state index in [1.165, 1.54) is 6.92 Å². The Morgan fingerprint density at radius 1 is 0.731 bits per heavy atom. The smallest absolute Gasteiger partial charge is 0.302 e. The van der Waals surface area contributed by atoms with Crippen molar-refractivity contribution in [1.82, 2.24) is 21.3 Å². The summed E-state index contributed by atoms with van der Waals surface area (Å²) in [7, 11) is -12.7. The number of ether oxygens (including phenoxy) is 1. The number of nitrogens with zero attached hydrogens (tertiary/aromatic N) is 3. The minimum atomic E-state index is -4.30. The number of amides is 2. The maximum absolute atomic E-state index is 14.3. The molecule has 1 fully saturated rings. The lowest BCUT2D eigenvalue weighted by Gasteiger charge is -2.21. The Labute approximate surface area is 392 Å². The first-order valence-corrected chi connectivity index (χ1v) is 26.9. The minimum Gasteiger partial charge on any atom is -0.461 e. The molecule has 4 atom stereocenters. The van der Waals surface area contributed by atoms with Crippen LogP contribution in [0.25, 0.3) is 0 Å². The van der Waals surface area contributed by atoms with Crippen molar-refractivity contribution in [1.29, 1.82) is 0 Å². The second kappa shape index (κ2) is 21.9. The van der Waals surface area contributed by atoms with Gasteiger partial charge in [-0.1, -0.05) is 20.8 Å². The Morgan fingerprint density at radius 3 is 1.90 bits per heavy atom. The first-order valence-electron chi connectivity index (χ1n) is 22.1. The molecule has 0 aromatic carbocycles.